The van der Waals surface area contributed by atoms with Crippen molar-refractivity contribution in [3.05, 3.63) is 53.8 Å². The summed E-state index contributed by atoms with van der Waals surface area (Å²) < 4.78 is 14.6. The lowest BCUT2D eigenvalue weighted by Gasteiger charge is -2.09. The van der Waals surface area contributed by atoms with E-state index in [0.29, 0.717) is 40.4 Å². The molecular weight excluding hydrogens is 337 g/mol. The standard InChI is InChI=1S/C18H18FN5O2/c1-3-22-18(25)26-24-15-9-6-12(16(20)21-2)10-14(15)23-17(24)11-4-7-13(19)8-5-11/h4-10H,3H2,1-2H3,(H2,20,21)(H,22,25). The molecule has 8 heteroatoms. The molecule has 0 fully saturated rings. The number of nitrogens with zero attached hydrogens (tertiary/aromatic N) is 3. The van der Waals surface area contributed by atoms with Crippen LogP contribution in [0.1, 0.15) is 12.5 Å². The fourth-order valence-electron chi connectivity index (χ4n) is 2.48. The molecule has 0 saturated heterocycles. The quantitative estimate of drug-likeness (QED) is 0.555. The van der Waals surface area contributed by atoms with Crippen LogP contribution >= 0.6 is 0 Å². The molecule has 1 aromatic heterocycles. The van der Waals surface area contributed by atoms with E-state index in [-0.39, 0.29) is 5.82 Å². The number of nitrogens with one attached hydrogen (secondary N) is 1. The Labute approximate surface area is 149 Å². The van der Waals surface area contributed by atoms with Crippen LogP contribution in [0.5, 0.6) is 0 Å². The Morgan fingerprint density at radius 2 is 2.04 bits per heavy atom. The molecule has 0 radical (unpaired) electrons. The second kappa shape index (κ2) is 7.22. The highest BCUT2D eigenvalue weighted by Crippen LogP contribution is 2.25. The lowest BCUT2D eigenvalue weighted by molar-refractivity contribution is 0.140. The first-order valence-electron chi connectivity index (χ1n) is 8.00. The molecule has 3 aromatic rings. The molecule has 0 saturated carbocycles. The van der Waals surface area contributed by atoms with Crippen LogP contribution in [0.15, 0.2) is 47.5 Å². The van der Waals surface area contributed by atoms with E-state index in [2.05, 4.69) is 15.3 Å². The second-order valence-corrected chi connectivity index (χ2v) is 5.46. The van der Waals surface area contributed by atoms with Gasteiger partial charge in [0.1, 0.15) is 17.2 Å². The maximum absolute atomic E-state index is 13.2. The van der Waals surface area contributed by atoms with Crippen LogP contribution in [-0.2, 0) is 0 Å². The van der Waals surface area contributed by atoms with Gasteiger partial charge in [-0.2, -0.15) is 4.73 Å². The van der Waals surface area contributed by atoms with Crippen LogP contribution in [0, 0.1) is 5.82 Å². The van der Waals surface area contributed by atoms with E-state index >= 15 is 0 Å². The Kier molecular flexibility index (Phi) is 4.83. The van der Waals surface area contributed by atoms with Crippen molar-refractivity contribution < 1.29 is 14.0 Å². The van der Waals surface area contributed by atoms with Gasteiger partial charge in [-0.05, 0) is 49.4 Å². The van der Waals surface area contributed by atoms with E-state index in [1.165, 1.54) is 16.9 Å². The smallest absolute Gasteiger partial charge is 0.384 e. The molecule has 0 aliphatic carbocycles. The van der Waals surface area contributed by atoms with Crippen LogP contribution in [0.2, 0.25) is 0 Å². The lowest BCUT2D eigenvalue weighted by Crippen LogP contribution is -2.32. The molecule has 0 bridgehead atoms. The molecule has 26 heavy (non-hydrogen) atoms. The summed E-state index contributed by atoms with van der Waals surface area (Å²) in [5.74, 6) is 0.375. The molecule has 0 atom stereocenters. The van der Waals surface area contributed by atoms with E-state index in [9.17, 15) is 9.18 Å². The third kappa shape index (κ3) is 3.34. The second-order valence-electron chi connectivity index (χ2n) is 5.46. The fraction of sp³-hybridized carbons (Fsp3) is 0.167. The molecule has 3 N–H and O–H groups in total. The van der Waals surface area contributed by atoms with Crippen molar-refractivity contribution in [2.24, 2.45) is 10.7 Å². The van der Waals surface area contributed by atoms with Crippen LogP contribution in [-0.4, -0.2) is 35.2 Å². The van der Waals surface area contributed by atoms with E-state index < -0.39 is 6.09 Å². The van der Waals surface area contributed by atoms with Crippen molar-refractivity contribution in [1.82, 2.24) is 15.0 Å². The van der Waals surface area contributed by atoms with Crippen molar-refractivity contribution in [3.63, 3.8) is 0 Å². The lowest BCUT2D eigenvalue weighted by atomic mass is 10.2. The van der Waals surface area contributed by atoms with Crippen molar-refractivity contribution in [2.75, 3.05) is 13.6 Å². The number of rotatable bonds is 4. The molecular formula is C18H18FN5O2. The summed E-state index contributed by atoms with van der Waals surface area (Å²) >= 11 is 0. The van der Waals surface area contributed by atoms with Gasteiger partial charge in [0, 0.05) is 24.7 Å². The monoisotopic (exact) mass is 355 g/mol. The molecule has 134 valence electrons. The van der Waals surface area contributed by atoms with Gasteiger partial charge in [-0.1, -0.05) is 0 Å². The number of aliphatic imine (C=N–C) groups is 1. The van der Waals surface area contributed by atoms with Crippen LogP contribution < -0.4 is 15.9 Å². The zero-order chi connectivity index (χ0) is 18.7. The van der Waals surface area contributed by atoms with Gasteiger partial charge in [0.05, 0.1) is 5.52 Å². The Bertz CT molecular complexity index is 979. The molecule has 0 aliphatic heterocycles. The maximum Gasteiger partial charge on any atom is 0.432 e. The number of carbonyl (C=O) groups excluding carboxylic acids is 1. The first kappa shape index (κ1) is 17.4. The highest BCUT2D eigenvalue weighted by atomic mass is 19.1. The van der Waals surface area contributed by atoms with Gasteiger partial charge in [-0.3, -0.25) is 4.99 Å². The minimum Gasteiger partial charge on any atom is -0.384 e. The van der Waals surface area contributed by atoms with Gasteiger partial charge in [0.2, 0.25) is 0 Å². The highest BCUT2D eigenvalue weighted by molar-refractivity contribution is 6.00. The van der Waals surface area contributed by atoms with Crippen molar-refractivity contribution in [2.45, 2.75) is 6.92 Å². The number of fused-ring (bicyclic) bond motifs is 1. The summed E-state index contributed by atoms with van der Waals surface area (Å²) in [5, 5.41) is 2.57. The third-order valence-electron chi connectivity index (χ3n) is 3.75. The minimum absolute atomic E-state index is 0.365. The number of amidine groups is 1. The van der Waals surface area contributed by atoms with Crippen molar-refractivity contribution in [3.8, 4) is 11.4 Å². The molecule has 1 amide bonds. The average Bonchev–Trinajstić information content (AvgIpc) is 2.99. The van der Waals surface area contributed by atoms with Gasteiger partial charge in [-0.15, -0.1) is 0 Å². The average molecular weight is 355 g/mol. The molecule has 0 unspecified atom stereocenters. The first-order valence-corrected chi connectivity index (χ1v) is 8.00. The fourth-order valence-corrected chi connectivity index (χ4v) is 2.48. The number of amides is 1. The molecule has 3 rings (SSSR count). The molecule has 0 spiro atoms. The van der Waals surface area contributed by atoms with Crippen LogP contribution in [0.25, 0.3) is 22.4 Å². The zero-order valence-corrected chi connectivity index (χ0v) is 14.4. The van der Waals surface area contributed by atoms with Gasteiger partial charge in [-0.25, -0.2) is 14.2 Å². The van der Waals surface area contributed by atoms with Crippen molar-refractivity contribution in [1.29, 1.82) is 0 Å². The highest BCUT2D eigenvalue weighted by Gasteiger charge is 2.17. The number of nitrogens with two attached hydrogens (primary N) is 1. The van der Waals surface area contributed by atoms with E-state index in [1.54, 1.807) is 44.3 Å². The largest absolute Gasteiger partial charge is 0.432 e. The van der Waals surface area contributed by atoms with Crippen LogP contribution in [0.4, 0.5) is 9.18 Å². The number of aromatic nitrogens is 2. The number of benzene rings is 2. The van der Waals surface area contributed by atoms with E-state index in [4.69, 9.17) is 10.6 Å². The maximum atomic E-state index is 13.2. The Morgan fingerprint density at radius 3 is 2.69 bits per heavy atom. The first-order chi connectivity index (χ1) is 12.5. The van der Waals surface area contributed by atoms with Crippen LogP contribution in [0.3, 0.4) is 0 Å². The molecule has 2 aromatic carbocycles. The summed E-state index contributed by atoms with van der Waals surface area (Å²) in [5.41, 5.74) is 8.30. The summed E-state index contributed by atoms with van der Waals surface area (Å²) in [6.45, 7) is 2.21. The molecule has 1 heterocycles. The topological polar surface area (TPSA) is 94.5 Å². The number of halogens is 1. The van der Waals surface area contributed by atoms with Gasteiger partial charge in [0.25, 0.3) is 0 Å². The number of carbonyl (C=O) groups is 1. The Morgan fingerprint density at radius 1 is 1.31 bits per heavy atom. The number of hydrogen-bond acceptors (Lipinski definition) is 4. The van der Waals surface area contributed by atoms with Gasteiger partial charge in [0.15, 0.2) is 5.82 Å². The normalized spacial score (nSPS) is 11.6. The third-order valence-corrected chi connectivity index (χ3v) is 3.75. The summed E-state index contributed by atoms with van der Waals surface area (Å²) in [4.78, 5) is 25.8. The summed E-state index contributed by atoms with van der Waals surface area (Å²) in [7, 11) is 1.60. The Balaban J connectivity index is 2.16. The zero-order valence-electron chi connectivity index (χ0n) is 14.4. The SMILES string of the molecule is CCNC(=O)On1c(-c2ccc(F)cc2)nc2cc(C(N)=NC)ccc21. The summed E-state index contributed by atoms with van der Waals surface area (Å²) in [6.07, 6.45) is -0.617. The summed E-state index contributed by atoms with van der Waals surface area (Å²) in [6, 6.07) is 11.0. The Hall–Kier alpha value is -3.42. The minimum atomic E-state index is -0.617. The predicted molar refractivity (Wildman–Crippen MR) is 97.4 cm³/mol. The van der Waals surface area contributed by atoms with E-state index in [1.807, 2.05) is 0 Å². The number of imidazole rings is 1. The molecule has 7 nitrogen and oxygen atoms in total. The van der Waals surface area contributed by atoms with E-state index in [0.717, 1.165) is 0 Å². The van der Waals surface area contributed by atoms with Gasteiger partial charge >= 0.3 is 6.09 Å². The molecule has 0 aliphatic rings. The predicted octanol–water partition coefficient (Wildman–Crippen LogP) is 2.34. The number of hydrogen-bond donors (Lipinski definition) is 2. The van der Waals surface area contributed by atoms with Gasteiger partial charge < -0.3 is 15.9 Å². The van der Waals surface area contributed by atoms with Crippen molar-refractivity contribution >= 4 is 23.0 Å².